The van der Waals surface area contributed by atoms with Crippen LogP contribution in [0.25, 0.3) is 0 Å². The zero-order chi connectivity index (χ0) is 18.1. The van der Waals surface area contributed by atoms with Crippen LogP contribution in [0.2, 0.25) is 0 Å². The van der Waals surface area contributed by atoms with E-state index in [1.165, 1.54) is 32.1 Å². The number of nitrogens with one attached hydrogen (secondary N) is 1. The average Bonchev–Trinajstić information content (AvgIpc) is 3.24. The Morgan fingerprint density at radius 2 is 1.74 bits per heavy atom. The Kier molecular flexibility index (Phi) is 3.63. The lowest BCUT2D eigenvalue weighted by atomic mass is 9.53. The van der Waals surface area contributed by atoms with Crippen LogP contribution in [0, 0.1) is 29.6 Å². The van der Waals surface area contributed by atoms with E-state index in [1.54, 1.807) is 4.68 Å². The molecule has 27 heavy (non-hydrogen) atoms. The molecule has 1 saturated heterocycles. The standard InChI is InChI=1S/C19H29N5O3/c1-24-17(21-22-23-24)20-11-12-2-4-18(5-3-12)25-19(27-26-18)15-7-13-6-14(9-15)10-16(19)8-13/h12-16H,2-11H2,1H3,(H,20,21,23). The van der Waals surface area contributed by atoms with Gasteiger partial charge in [0.25, 0.3) is 0 Å². The molecular formula is C19H29N5O3. The molecule has 1 aromatic rings. The molecule has 8 heteroatoms. The van der Waals surface area contributed by atoms with Gasteiger partial charge in [-0.25, -0.2) is 4.68 Å². The van der Waals surface area contributed by atoms with Crippen molar-refractivity contribution in [2.75, 3.05) is 11.9 Å². The quantitative estimate of drug-likeness (QED) is 0.813. The lowest BCUT2D eigenvalue weighted by Gasteiger charge is -2.57. The summed E-state index contributed by atoms with van der Waals surface area (Å²) in [4.78, 5) is 12.1. The Morgan fingerprint density at radius 3 is 2.37 bits per heavy atom. The van der Waals surface area contributed by atoms with E-state index in [1.807, 2.05) is 7.05 Å². The first-order valence-corrected chi connectivity index (χ1v) is 10.7. The Hall–Kier alpha value is -1.25. The normalized spacial score (nSPS) is 48.0. The summed E-state index contributed by atoms with van der Waals surface area (Å²) in [5.74, 6) is 3.22. The van der Waals surface area contributed by atoms with Gasteiger partial charge in [0.2, 0.25) is 17.5 Å². The van der Waals surface area contributed by atoms with Gasteiger partial charge in [-0.15, -0.1) is 0 Å². The molecule has 1 aliphatic heterocycles. The van der Waals surface area contributed by atoms with Gasteiger partial charge in [0.05, 0.1) is 0 Å². The summed E-state index contributed by atoms with van der Waals surface area (Å²) in [6.07, 6.45) is 10.5. The monoisotopic (exact) mass is 375 g/mol. The molecule has 4 bridgehead atoms. The van der Waals surface area contributed by atoms with Gasteiger partial charge in [0.1, 0.15) is 0 Å². The fraction of sp³-hybridized carbons (Fsp3) is 0.947. The molecule has 5 saturated carbocycles. The zero-order valence-electron chi connectivity index (χ0n) is 16.0. The highest BCUT2D eigenvalue weighted by atomic mass is 17.3. The largest absolute Gasteiger partial charge is 0.353 e. The number of hydrogen-bond donors (Lipinski definition) is 1. The zero-order valence-corrected chi connectivity index (χ0v) is 16.0. The van der Waals surface area contributed by atoms with E-state index in [4.69, 9.17) is 14.5 Å². The molecule has 148 valence electrons. The molecule has 0 radical (unpaired) electrons. The molecule has 2 heterocycles. The second-order valence-electron chi connectivity index (χ2n) is 9.66. The highest BCUT2D eigenvalue weighted by molar-refractivity contribution is 5.20. The average molecular weight is 375 g/mol. The predicted molar refractivity (Wildman–Crippen MR) is 95.0 cm³/mol. The van der Waals surface area contributed by atoms with Crippen molar-refractivity contribution in [1.29, 1.82) is 0 Å². The van der Waals surface area contributed by atoms with Gasteiger partial charge < -0.3 is 10.1 Å². The van der Waals surface area contributed by atoms with Crippen LogP contribution in [0.4, 0.5) is 5.95 Å². The van der Waals surface area contributed by atoms with E-state index < -0.39 is 11.6 Å². The van der Waals surface area contributed by atoms with Crippen molar-refractivity contribution in [3.05, 3.63) is 0 Å². The smallest absolute Gasteiger partial charge is 0.242 e. The van der Waals surface area contributed by atoms with Gasteiger partial charge in [0, 0.05) is 38.3 Å². The van der Waals surface area contributed by atoms with Gasteiger partial charge in [0.15, 0.2) is 0 Å². The Labute approximate surface area is 159 Å². The molecule has 0 amide bonds. The summed E-state index contributed by atoms with van der Waals surface area (Å²) >= 11 is 0. The third-order valence-corrected chi connectivity index (χ3v) is 7.98. The fourth-order valence-corrected chi connectivity index (χ4v) is 6.73. The fourth-order valence-electron chi connectivity index (χ4n) is 6.73. The first kappa shape index (κ1) is 16.7. The number of anilines is 1. The van der Waals surface area contributed by atoms with Crippen molar-refractivity contribution in [3.8, 4) is 0 Å². The van der Waals surface area contributed by atoms with E-state index in [2.05, 4.69) is 20.8 Å². The molecule has 1 aromatic heterocycles. The lowest BCUT2D eigenvalue weighted by molar-refractivity contribution is -0.390. The predicted octanol–water partition coefficient (Wildman–Crippen LogP) is 2.64. The van der Waals surface area contributed by atoms with Crippen molar-refractivity contribution in [1.82, 2.24) is 20.2 Å². The Balaban J connectivity index is 1.09. The number of ether oxygens (including phenoxy) is 1. The van der Waals surface area contributed by atoms with Gasteiger partial charge in [-0.05, 0) is 73.1 Å². The summed E-state index contributed by atoms with van der Waals surface area (Å²) in [7, 11) is 1.85. The van der Waals surface area contributed by atoms with Crippen molar-refractivity contribution in [3.63, 3.8) is 0 Å². The van der Waals surface area contributed by atoms with Crippen LogP contribution in [-0.4, -0.2) is 38.3 Å². The second-order valence-corrected chi connectivity index (χ2v) is 9.66. The minimum absolute atomic E-state index is 0.442. The van der Waals surface area contributed by atoms with E-state index in [0.717, 1.165) is 50.0 Å². The summed E-state index contributed by atoms with van der Waals surface area (Å²) in [5.41, 5.74) is 0. The number of rotatable bonds is 3. The van der Waals surface area contributed by atoms with Crippen molar-refractivity contribution >= 4 is 5.95 Å². The maximum atomic E-state index is 6.77. The van der Waals surface area contributed by atoms with Gasteiger partial charge in [-0.3, -0.25) is 0 Å². The maximum Gasteiger partial charge on any atom is 0.242 e. The number of aryl methyl sites for hydroxylation is 1. The van der Waals surface area contributed by atoms with E-state index in [0.29, 0.717) is 17.8 Å². The molecular weight excluding hydrogens is 346 g/mol. The van der Waals surface area contributed by atoms with E-state index in [-0.39, 0.29) is 0 Å². The molecule has 0 aromatic carbocycles. The number of nitrogens with zero attached hydrogens (tertiary/aromatic N) is 4. The minimum Gasteiger partial charge on any atom is -0.353 e. The summed E-state index contributed by atoms with van der Waals surface area (Å²) in [6, 6.07) is 0. The van der Waals surface area contributed by atoms with E-state index >= 15 is 0 Å². The summed E-state index contributed by atoms with van der Waals surface area (Å²) in [5, 5.41) is 14.9. The SMILES string of the molecule is Cn1nnnc1NCC1CCC2(CC1)OOC1(O2)C2CC3CC(C2)CC1C3. The first-order chi connectivity index (χ1) is 13.1. The van der Waals surface area contributed by atoms with Crippen LogP contribution in [-0.2, 0) is 21.6 Å². The van der Waals surface area contributed by atoms with Crippen molar-refractivity contribution in [2.45, 2.75) is 69.4 Å². The van der Waals surface area contributed by atoms with E-state index in [9.17, 15) is 0 Å². The first-order valence-electron chi connectivity index (χ1n) is 10.7. The summed E-state index contributed by atoms with van der Waals surface area (Å²) < 4.78 is 8.43. The third kappa shape index (κ3) is 2.56. The van der Waals surface area contributed by atoms with Gasteiger partial charge >= 0.3 is 0 Å². The highest BCUT2D eigenvalue weighted by Gasteiger charge is 2.66. The van der Waals surface area contributed by atoms with Crippen LogP contribution < -0.4 is 5.32 Å². The van der Waals surface area contributed by atoms with Crippen LogP contribution >= 0.6 is 0 Å². The lowest BCUT2D eigenvalue weighted by Crippen LogP contribution is -2.59. The van der Waals surface area contributed by atoms with Crippen LogP contribution in [0.5, 0.6) is 0 Å². The topological polar surface area (TPSA) is 83.3 Å². The molecule has 6 fully saturated rings. The van der Waals surface area contributed by atoms with Gasteiger partial charge in [-0.1, -0.05) is 5.10 Å². The minimum atomic E-state index is -0.516. The molecule has 5 aliphatic carbocycles. The summed E-state index contributed by atoms with van der Waals surface area (Å²) in [6.45, 7) is 0.880. The van der Waals surface area contributed by atoms with Crippen molar-refractivity contribution in [2.24, 2.45) is 36.6 Å². The number of aromatic nitrogens is 4. The molecule has 1 N–H and O–H groups in total. The van der Waals surface area contributed by atoms with Crippen LogP contribution in [0.1, 0.15) is 57.8 Å². The number of tetrazole rings is 1. The Bertz CT molecular complexity index is 686. The van der Waals surface area contributed by atoms with Crippen LogP contribution in [0.3, 0.4) is 0 Å². The molecule has 0 unspecified atom stereocenters. The molecule has 8 nitrogen and oxygen atoms in total. The molecule has 2 spiro atoms. The third-order valence-electron chi connectivity index (χ3n) is 7.98. The molecule has 6 aliphatic rings. The van der Waals surface area contributed by atoms with Crippen LogP contribution in [0.15, 0.2) is 0 Å². The molecule has 7 rings (SSSR count). The van der Waals surface area contributed by atoms with Gasteiger partial charge in [-0.2, -0.15) is 9.78 Å². The second kappa shape index (κ2) is 5.87. The maximum absolute atomic E-state index is 6.77. The highest BCUT2D eigenvalue weighted by Crippen LogP contribution is 2.63. The van der Waals surface area contributed by atoms with Crippen molar-refractivity contribution < 1.29 is 14.5 Å². The Morgan fingerprint density at radius 1 is 1.04 bits per heavy atom. The number of hydrogen-bond acceptors (Lipinski definition) is 7. The molecule has 0 atom stereocenters.